The molecule has 1 heterocycles. The molecule has 4 rings (SSSR count). The zero-order valence-corrected chi connectivity index (χ0v) is 18.1. The van der Waals surface area contributed by atoms with E-state index < -0.39 is 0 Å². The Morgan fingerprint density at radius 2 is 1.67 bits per heavy atom. The first-order chi connectivity index (χ1) is 14.8. The van der Waals surface area contributed by atoms with E-state index in [0.29, 0.717) is 12.5 Å². The lowest BCUT2D eigenvalue weighted by Crippen LogP contribution is -2.25. The molecule has 30 heavy (non-hydrogen) atoms. The van der Waals surface area contributed by atoms with Gasteiger partial charge in [-0.3, -0.25) is 0 Å². The van der Waals surface area contributed by atoms with Crippen LogP contribution >= 0.6 is 0 Å². The molecule has 3 aromatic rings. The van der Waals surface area contributed by atoms with Gasteiger partial charge in [0.25, 0.3) is 0 Å². The molecule has 0 N–H and O–H groups in total. The van der Waals surface area contributed by atoms with Crippen LogP contribution in [0.4, 0.5) is 0 Å². The maximum absolute atomic E-state index is 6.20. The van der Waals surface area contributed by atoms with Gasteiger partial charge in [-0.1, -0.05) is 86.8 Å². The number of hydrogen-bond acceptors (Lipinski definition) is 2. The van der Waals surface area contributed by atoms with Gasteiger partial charge in [0.05, 0.1) is 13.7 Å². The third-order valence-corrected chi connectivity index (χ3v) is 6.26. The SMILES string of the molecule is CCCCCCc1ccc([C@H]2c3ccc(OC)cc3OC[C@H]2c2ccccc2)cc1. The van der Waals surface area contributed by atoms with E-state index in [0.717, 1.165) is 11.5 Å². The van der Waals surface area contributed by atoms with E-state index in [2.05, 4.69) is 67.6 Å². The normalized spacial score (nSPS) is 17.8. The summed E-state index contributed by atoms with van der Waals surface area (Å²) in [6.07, 6.45) is 6.39. The molecular weight excluding hydrogens is 368 g/mol. The van der Waals surface area contributed by atoms with Crippen molar-refractivity contribution in [3.05, 3.63) is 95.1 Å². The highest BCUT2D eigenvalue weighted by Gasteiger charge is 2.33. The Balaban J connectivity index is 1.65. The first-order valence-electron chi connectivity index (χ1n) is 11.2. The third-order valence-electron chi connectivity index (χ3n) is 6.26. The van der Waals surface area contributed by atoms with Gasteiger partial charge >= 0.3 is 0 Å². The zero-order valence-electron chi connectivity index (χ0n) is 18.1. The van der Waals surface area contributed by atoms with Crippen molar-refractivity contribution >= 4 is 0 Å². The molecule has 0 saturated carbocycles. The van der Waals surface area contributed by atoms with Crippen LogP contribution in [0.25, 0.3) is 0 Å². The number of ether oxygens (including phenoxy) is 2. The van der Waals surface area contributed by atoms with Crippen LogP contribution in [0.5, 0.6) is 11.5 Å². The van der Waals surface area contributed by atoms with Gasteiger partial charge in [0.1, 0.15) is 11.5 Å². The number of benzene rings is 3. The van der Waals surface area contributed by atoms with Crippen molar-refractivity contribution in [2.24, 2.45) is 0 Å². The smallest absolute Gasteiger partial charge is 0.126 e. The quantitative estimate of drug-likeness (QED) is 0.375. The molecule has 2 nitrogen and oxygen atoms in total. The van der Waals surface area contributed by atoms with Crippen LogP contribution in [0, 0.1) is 0 Å². The molecule has 156 valence electrons. The molecule has 0 radical (unpaired) electrons. The van der Waals surface area contributed by atoms with E-state index in [1.807, 2.05) is 12.1 Å². The summed E-state index contributed by atoms with van der Waals surface area (Å²) in [5.41, 5.74) is 5.36. The molecule has 0 aromatic heterocycles. The standard InChI is InChI=1S/C28H32O2/c1-3-4-5-7-10-21-13-15-23(16-14-21)28-25-18-17-24(29-2)19-27(25)30-20-26(28)22-11-8-6-9-12-22/h6,8-9,11-19,26,28H,3-5,7,10,20H2,1-2H3/t26-,28-/m0/s1. The molecule has 1 aliphatic heterocycles. The molecule has 2 heteroatoms. The predicted molar refractivity (Wildman–Crippen MR) is 124 cm³/mol. The van der Waals surface area contributed by atoms with Gasteiger partial charge in [0, 0.05) is 23.5 Å². The highest BCUT2D eigenvalue weighted by atomic mass is 16.5. The van der Waals surface area contributed by atoms with Gasteiger partial charge in [-0.25, -0.2) is 0 Å². The molecule has 0 aliphatic carbocycles. The molecular formula is C28H32O2. The van der Waals surface area contributed by atoms with E-state index in [1.165, 1.54) is 54.4 Å². The van der Waals surface area contributed by atoms with Crippen LogP contribution < -0.4 is 9.47 Å². The Morgan fingerprint density at radius 3 is 2.40 bits per heavy atom. The Bertz CT molecular complexity index is 931. The lowest BCUT2D eigenvalue weighted by atomic mass is 9.75. The highest BCUT2D eigenvalue weighted by Crippen LogP contribution is 2.46. The summed E-state index contributed by atoms with van der Waals surface area (Å²) in [7, 11) is 1.70. The molecule has 1 aliphatic rings. The number of rotatable bonds is 8. The minimum Gasteiger partial charge on any atom is -0.497 e. The van der Waals surface area contributed by atoms with Crippen LogP contribution in [-0.2, 0) is 6.42 Å². The van der Waals surface area contributed by atoms with Gasteiger partial charge < -0.3 is 9.47 Å². The number of unbranched alkanes of at least 4 members (excludes halogenated alkanes) is 3. The number of methoxy groups -OCH3 is 1. The average molecular weight is 401 g/mol. The van der Waals surface area contributed by atoms with E-state index in [9.17, 15) is 0 Å². The fourth-order valence-electron chi connectivity index (χ4n) is 4.56. The Morgan fingerprint density at radius 1 is 0.867 bits per heavy atom. The predicted octanol–water partition coefficient (Wildman–Crippen LogP) is 7.13. The van der Waals surface area contributed by atoms with Crippen molar-refractivity contribution in [1.29, 1.82) is 0 Å². The van der Waals surface area contributed by atoms with E-state index in [4.69, 9.17) is 9.47 Å². The first-order valence-corrected chi connectivity index (χ1v) is 11.2. The summed E-state index contributed by atoms with van der Waals surface area (Å²) in [6.45, 7) is 2.94. The summed E-state index contributed by atoms with van der Waals surface area (Å²) in [5.74, 6) is 2.35. The van der Waals surface area contributed by atoms with Crippen molar-refractivity contribution in [2.75, 3.05) is 13.7 Å². The molecule has 0 spiro atoms. The maximum Gasteiger partial charge on any atom is 0.126 e. The molecule has 0 bridgehead atoms. The molecule has 0 amide bonds. The lowest BCUT2D eigenvalue weighted by Gasteiger charge is -2.34. The van der Waals surface area contributed by atoms with E-state index >= 15 is 0 Å². The second-order valence-corrected chi connectivity index (χ2v) is 8.26. The fraction of sp³-hybridized carbons (Fsp3) is 0.357. The lowest BCUT2D eigenvalue weighted by molar-refractivity contribution is 0.247. The van der Waals surface area contributed by atoms with Gasteiger partial charge in [-0.05, 0) is 35.6 Å². The number of aryl methyl sites for hydroxylation is 1. The van der Waals surface area contributed by atoms with Crippen LogP contribution in [0.3, 0.4) is 0 Å². The van der Waals surface area contributed by atoms with Crippen LogP contribution in [-0.4, -0.2) is 13.7 Å². The topological polar surface area (TPSA) is 18.5 Å². The van der Waals surface area contributed by atoms with Crippen LogP contribution in [0.1, 0.15) is 66.7 Å². The second kappa shape index (κ2) is 9.84. The molecule has 2 atom stereocenters. The highest BCUT2D eigenvalue weighted by molar-refractivity contribution is 5.50. The van der Waals surface area contributed by atoms with Crippen molar-refractivity contribution in [1.82, 2.24) is 0 Å². The summed E-state index contributed by atoms with van der Waals surface area (Å²) < 4.78 is 11.6. The summed E-state index contributed by atoms with van der Waals surface area (Å²) in [5, 5.41) is 0. The number of hydrogen-bond donors (Lipinski definition) is 0. The molecule has 0 fully saturated rings. The van der Waals surface area contributed by atoms with Crippen LogP contribution in [0.15, 0.2) is 72.8 Å². The van der Waals surface area contributed by atoms with Gasteiger partial charge in [0.2, 0.25) is 0 Å². The molecule has 0 unspecified atom stereocenters. The minimum atomic E-state index is 0.274. The fourth-order valence-corrected chi connectivity index (χ4v) is 4.56. The summed E-state index contributed by atoms with van der Waals surface area (Å²) in [6, 6.07) is 26.3. The van der Waals surface area contributed by atoms with Crippen molar-refractivity contribution in [2.45, 2.75) is 50.9 Å². The minimum absolute atomic E-state index is 0.274. The third kappa shape index (κ3) is 4.53. The van der Waals surface area contributed by atoms with Crippen molar-refractivity contribution in [3.8, 4) is 11.5 Å². The Kier molecular flexibility index (Phi) is 6.74. The summed E-state index contributed by atoms with van der Waals surface area (Å²) in [4.78, 5) is 0. The van der Waals surface area contributed by atoms with Crippen molar-refractivity contribution in [3.63, 3.8) is 0 Å². The molecule has 3 aromatic carbocycles. The van der Waals surface area contributed by atoms with Gasteiger partial charge in [-0.15, -0.1) is 0 Å². The summed E-state index contributed by atoms with van der Waals surface area (Å²) >= 11 is 0. The van der Waals surface area contributed by atoms with E-state index in [1.54, 1.807) is 7.11 Å². The monoisotopic (exact) mass is 400 g/mol. The number of fused-ring (bicyclic) bond motifs is 1. The largest absolute Gasteiger partial charge is 0.497 e. The molecule has 0 saturated heterocycles. The Labute approximate surface area is 180 Å². The second-order valence-electron chi connectivity index (χ2n) is 8.26. The van der Waals surface area contributed by atoms with Gasteiger partial charge in [-0.2, -0.15) is 0 Å². The first kappa shape index (κ1) is 20.5. The van der Waals surface area contributed by atoms with E-state index in [-0.39, 0.29) is 5.92 Å². The van der Waals surface area contributed by atoms with Gasteiger partial charge in [0.15, 0.2) is 0 Å². The average Bonchev–Trinajstić information content (AvgIpc) is 2.82. The zero-order chi connectivity index (χ0) is 20.8. The maximum atomic E-state index is 6.20. The van der Waals surface area contributed by atoms with Crippen molar-refractivity contribution < 1.29 is 9.47 Å². The Hall–Kier alpha value is -2.74. The van der Waals surface area contributed by atoms with Crippen LogP contribution in [0.2, 0.25) is 0 Å².